The molecular weight excluding hydrogens is 470 g/mol. The van der Waals surface area contributed by atoms with Crippen molar-refractivity contribution in [1.29, 1.82) is 0 Å². The Labute approximate surface area is 184 Å². The van der Waals surface area contributed by atoms with Gasteiger partial charge in [0, 0.05) is 28.5 Å². The number of halogens is 3. The Morgan fingerprint density at radius 2 is 1.77 bits per heavy atom. The summed E-state index contributed by atoms with van der Waals surface area (Å²) in [6.07, 6.45) is 2.89. The highest BCUT2D eigenvalue weighted by Gasteiger charge is 2.47. The number of amides is 1. The molecule has 31 heavy (non-hydrogen) atoms. The van der Waals surface area contributed by atoms with Crippen molar-refractivity contribution >= 4 is 39.1 Å². The summed E-state index contributed by atoms with van der Waals surface area (Å²) < 4.78 is 29.3. The van der Waals surface area contributed by atoms with Crippen molar-refractivity contribution in [2.24, 2.45) is 0 Å². The second-order valence-corrected chi connectivity index (χ2v) is 7.86. The summed E-state index contributed by atoms with van der Waals surface area (Å²) in [6, 6.07) is 9.51. The van der Waals surface area contributed by atoms with Crippen molar-refractivity contribution < 1.29 is 23.5 Å². The van der Waals surface area contributed by atoms with Gasteiger partial charge in [-0.3, -0.25) is 19.5 Å². The van der Waals surface area contributed by atoms with Gasteiger partial charge in [-0.25, -0.2) is 8.78 Å². The predicted octanol–water partition coefficient (Wildman–Crippen LogP) is 5.06. The molecular formula is C23H15BrF2N2O3. The highest BCUT2D eigenvalue weighted by atomic mass is 79.9. The van der Waals surface area contributed by atoms with Crippen LogP contribution in [0.25, 0.3) is 5.76 Å². The van der Waals surface area contributed by atoms with Crippen LogP contribution in [0.2, 0.25) is 0 Å². The number of aliphatic hydroxyl groups excluding tert-OH is 1. The lowest BCUT2D eigenvalue weighted by Crippen LogP contribution is -2.30. The number of benzene rings is 2. The van der Waals surface area contributed by atoms with E-state index in [0.717, 1.165) is 33.1 Å². The zero-order valence-electron chi connectivity index (χ0n) is 16.1. The monoisotopic (exact) mass is 484 g/mol. The van der Waals surface area contributed by atoms with Crippen LogP contribution in [0.1, 0.15) is 22.7 Å². The number of carbonyl (C=O) groups is 2. The highest BCUT2D eigenvalue weighted by Crippen LogP contribution is 2.43. The first kappa shape index (κ1) is 20.9. The summed E-state index contributed by atoms with van der Waals surface area (Å²) in [6.45, 7) is 1.81. The summed E-state index contributed by atoms with van der Waals surface area (Å²) >= 11 is 3.38. The summed E-state index contributed by atoms with van der Waals surface area (Å²) in [4.78, 5) is 30.7. The number of hydrogen-bond acceptors (Lipinski definition) is 4. The van der Waals surface area contributed by atoms with E-state index in [0.29, 0.717) is 11.1 Å². The Hall–Kier alpha value is -3.39. The number of ketones is 1. The predicted molar refractivity (Wildman–Crippen MR) is 114 cm³/mol. The Bertz CT molecular complexity index is 1240. The second kappa shape index (κ2) is 8.03. The zero-order valence-corrected chi connectivity index (χ0v) is 17.7. The molecule has 1 aliphatic rings. The minimum Gasteiger partial charge on any atom is -0.507 e. The molecule has 5 nitrogen and oxygen atoms in total. The van der Waals surface area contributed by atoms with Gasteiger partial charge >= 0.3 is 0 Å². The van der Waals surface area contributed by atoms with Crippen LogP contribution in [-0.2, 0) is 9.59 Å². The fourth-order valence-electron chi connectivity index (χ4n) is 3.56. The molecule has 1 fully saturated rings. The number of Topliss-reactive ketones (excluding diaryl/α,β-unsaturated/α-hetero) is 1. The lowest BCUT2D eigenvalue weighted by Gasteiger charge is -2.25. The van der Waals surface area contributed by atoms with Crippen molar-refractivity contribution in [2.75, 3.05) is 4.90 Å². The molecule has 1 saturated heterocycles. The maximum Gasteiger partial charge on any atom is 0.300 e. The number of carbonyl (C=O) groups excluding carboxylic acids is 2. The smallest absolute Gasteiger partial charge is 0.300 e. The molecule has 0 bridgehead atoms. The summed E-state index contributed by atoms with van der Waals surface area (Å²) in [5, 5.41) is 11.0. The van der Waals surface area contributed by atoms with Crippen LogP contribution in [0.3, 0.4) is 0 Å². The third-order valence-electron chi connectivity index (χ3n) is 5.07. The molecule has 0 spiro atoms. The number of anilines is 1. The normalized spacial score (nSPS) is 17.9. The molecule has 8 heteroatoms. The first-order valence-corrected chi connectivity index (χ1v) is 10.0. The Kier molecular flexibility index (Phi) is 5.41. The van der Waals surface area contributed by atoms with E-state index in [9.17, 15) is 23.5 Å². The van der Waals surface area contributed by atoms with Crippen LogP contribution in [0, 0.1) is 18.6 Å². The molecule has 1 atom stereocenters. The summed E-state index contributed by atoms with van der Waals surface area (Å²) in [7, 11) is 0. The molecule has 1 amide bonds. The maximum absolute atomic E-state index is 14.6. The number of hydrogen-bond donors (Lipinski definition) is 1. The third kappa shape index (κ3) is 3.63. The van der Waals surface area contributed by atoms with Crippen LogP contribution < -0.4 is 4.90 Å². The molecule has 1 aliphatic heterocycles. The third-order valence-corrected chi connectivity index (χ3v) is 5.96. The van der Waals surface area contributed by atoms with Crippen LogP contribution in [-0.4, -0.2) is 21.8 Å². The number of nitrogens with zero attached hydrogens (tertiary/aromatic N) is 2. The van der Waals surface area contributed by atoms with Gasteiger partial charge in [0.05, 0.1) is 17.3 Å². The molecule has 3 aromatic rings. The lowest BCUT2D eigenvalue weighted by atomic mass is 9.95. The number of pyridine rings is 1. The van der Waals surface area contributed by atoms with E-state index in [-0.39, 0.29) is 5.57 Å². The number of aryl methyl sites for hydroxylation is 1. The number of aliphatic hydroxyl groups is 1. The summed E-state index contributed by atoms with van der Waals surface area (Å²) in [5.41, 5.74) is 0.914. The molecule has 1 N–H and O–H groups in total. The van der Waals surface area contributed by atoms with E-state index in [1.54, 1.807) is 30.3 Å². The van der Waals surface area contributed by atoms with Gasteiger partial charge in [-0.1, -0.05) is 22.0 Å². The van der Waals surface area contributed by atoms with Gasteiger partial charge in [0.2, 0.25) is 0 Å². The average Bonchev–Trinajstić information content (AvgIpc) is 3.02. The minimum atomic E-state index is -1.16. The molecule has 0 aliphatic carbocycles. The van der Waals surface area contributed by atoms with Gasteiger partial charge in [0.15, 0.2) is 0 Å². The highest BCUT2D eigenvalue weighted by molar-refractivity contribution is 9.10. The molecule has 2 heterocycles. The molecule has 1 unspecified atom stereocenters. The number of aromatic nitrogens is 1. The van der Waals surface area contributed by atoms with Gasteiger partial charge in [0.1, 0.15) is 17.4 Å². The van der Waals surface area contributed by atoms with E-state index in [1.807, 2.05) is 6.92 Å². The van der Waals surface area contributed by atoms with Gasteiger partial charge in [-0.2, -0.15) is 0 Å². The fraction of sp³-hybridized carbons (Fsp3) is 0.0870. The topological polar surface area (TPSA) is 70.5 Å². The maximum atomic E-state index is 14.6. The van der Waals surface area contributed by atoms with E-state index in [1.165, 1.54) is 12.4 Å². The van der Waals surface area contributed by atoms with Crippen molar-refractivity contribution in [2.45, 2.75) is 13.0 Å². The van der Waals surface area contributed by atoms with E-state index >= 15 is 0 Å². The van der Waals surface area contributed by atoms with Crippen molar-refractivity contribution in [1.82, 2.24) is 4.98 Å². The fourth-order valence-corrected chi connectivity index (χ4v) is 3.81. The largest absolute Gasteiger partial charge is 0.507 e. The molecule has 156 valence electrons. The zero-order chi connectivity index (χ0) is 22.3. The minimum absolute atomic E-state index is 0.221. The Balaban J connectivity index is 1.98. The van der Waals surface area contributed by atoms with Gasteiger partial charge in [0.25, 0.3) is 11.7 Å². The van der Waals surface area contributed by atoms with Crippen LogP contribution >= 0.6 is 15.9 Å². The lowest BCUT2D eigenvalue weighted by molar-refractivity contribution is -0.132. The molecule has 0 saturated carbocycles. The van der Waals surface area contributed by atoms with Crippen molar-refractivity contribution in [3.8, 4) is 0 Å². The van der Waals surface area contributed by atoms with Crippen LogP contribution in [0.15, 0.2) is 71.0 Å². The van der Waals surface area contributed by atoms with Crippen LogP contribution in [0.4, 0.5) is 14.5 Å². The Morgan fingerprint density at radius 3 is 2.45 bits per heavy atom. The van der Waals surface area contributed by atoms with Gasteiger partial charge in [-0.05, 0) is 54.4 Å². The standard InChI is InChI=1S/C23H15BrF2N2O3/c1-12-10-14(2-4-16(12)24)21(29)19-20(13-6-8-27-9-7-13)28(23(31)22(19)30)18-11-15(25)3-5-17(18)26/h2-11,20,29H,1H3/b21-19+. The average molecular weight is 485 g/mol. The van der Waals surface area contributed by atoms with Crippen molar-refractivity contribution in [3.05, 3.63) is 99.3 Å². The SMILES string of the molecule is Cc1cc(/C(O)=C2\C(=O)C(=O)N(c3cc(F)ccc3F)C2c2ccncc2)ccc1Br. The molecule has 4 rings (SSSR count). The van der Waals surface area contributed by atoms with Crippen LogP contribution in [0.5, 0.6) is 0 Å². The first-order valence-electron chi connectivity index (χ1n) is 9.22. The van der Waals surface area contributed by atoms with E-state index in [4.69, 9.17) is 0 Å². The van der Waals surface area contributed by atoms with Gasteiger partial charge < -0.3 is 5.11 Å². The van der Waals surface area contributed by atoms with Crippen molar-refractivity contribution in [3.63, 3.8) is 0 Å². The van der Waals surface area contributed by atoms with E-state index in [2.05, 4.69) is 20.9 Å². The molecule has 0 radical (unpaired) electrons. The second-order valence-electron chi connectivity index (χ2n) is 7.01. The molecule has 2 aromatic carbocycles. The Morgan fingerprint density at radius 1 is 1.06 bits per heavy atom. The quantitative estimate of drug-likeness (QED) is 0.320. The van der Waals surface area contributed by atoms with E-state index < -0.39 is 40.8 Å². The van der Waals surface area contributed by atoms with Gasteiger partial charge in [-0.15, -0.1) is 0 Å². The number of rotatable bonds is 3. The summed E-state index contributed by atoms with van der Waals surface area (Å²) in [5.74, 6) is -4.11. The first-order chi connectivity index (χ1) is 14.8. The molecule has 1 aromatic heterocycles.